The van der Waals surface area contributed by atoms with Gasteiger partial charge in [0.05, 0.1) is 16.9 Å². The molecule has 1 amide bonds. The van der Waals surface area contributed by atoms with Crippen LogP contribution in [0.15, 0.2) is 18.2 Å². The zero-order valence-electron chi connectivity index (χ0n) is 11.9. The molecule has 0 saturated heterocycles. The van der Waals surface area contributed by atoms with Crippen molar-refractivity contribution in [2.75, 3.05) is 23.7 Å². The van der Waals surface area contributed by atoms with Crippen LogP contribution in [0.2, 0.25) is 0 Å². The molecule has 0 aromatic heterocycles. The predicted molar refractivity (Wildman–Crippen MR) is 77.1 cm³/mol. The second-order valence-corrected chi connectivity index (χ2v) is 4.63. The molecule has 0 aliphatic heterocycles. The number of alkyl halides is 3. The van der Waals surface area contributed by atoms with Crippen molar-refractivity contribution >= 4 is 17.3 Å². The van der Waals surface area contributed by atoms with E-state index in [9.17, 15) is 18.0 Å². The van der Waals surface area contributed by atoms with E-state index in [-0.39, 0.29) is 18.7 Å². The lowest BCUT2D eigenvalue weighted by atomic mass is 10.1. The molecule has 0 fully saturated rings. The summed E-state index contributed by atoms with van der Waals surface area (Å²) in [6.45, 7) is 2.78. The molecule has 0 heterocycles. The maximum atomic E-state index is 12.7. The van der Waals surface area contributed by atoms with Crippen molar-refractivity contribution in [3.63, 3.8) is 0 Å². The summed E-state index contributed by atoms with van der Waals surface area (Å²) >= 11 is 0. The van der Waals surface area contributed by atoms with Crippen LogP contribution in [0, 0.1) is 0 Å². The van der Waals surface area contributed by atoms with Crippen LogP contribution in [0.5, 0.6) is 0 Å². The number of amides is 1. The Labute approximate surface area is 121 Å². The van der Waals surface area contributed by atoms with Crippen LogP contribution in [0.4, 0.5) is 24.5 Å². The molecule has 0 unspecified atom stereocenters. The van der Waals surface area contributed by atoms with E-state index in [1.165, 1.54) is 6.07 Å². The highest BCUT2D eigenvalue weighted by atomic mass is 19.4. The Bertz CT molecular complexity index is 475. The highest BCUT2D eigenvalue weighted by Gasteiger charge is 2.31. The molecule has 118 valence electrons. The molecule has 1 rings (SSSR count). The van der Waals surface area contributed by atoms with Gasteiger partial charge in [0.1, 0.15) is 0 Å². The molecule has 7 heteroatoms. The summed E-state index contributed by atoms with van der Waals surface area (Å²) in [7, 11) is 0. The Morgan fingerprint density at radius 3 is 2.57 bits per heavy atom. The van der Waals surface area contributed by atoms with Gasteiger partial charge in [-0.25, -0.2) is 0 Å². The summed E-state index contributed by atoms with van der Waals surface area (Å²) in [4.78, 5) is 11.6. The van der Waals surface area contributed by atoms with Gasteiger partial charge in [-0.2, -0.15) is 13.2 Å². The van der Waals surface area contributed by atoms with Crippen LogP contribution in [-0.4, -0.2) is 19.0 Å². The van der Waals surface area contributed by atoms with Gasteiger partial charge in [0.15, 0.2) is 0 Å². The first-order chi connectivity index (χ1) is 9.88. The highest BCUT2D eigenvalue weighted by Crippen LogP contribution is 2.34. The highest BCUT2D eigenvalue weighted by molar-refractivity contribution is 5.94. The Balaban J connectivity index is 2.97. The second kappa shape index (κ2) is 7.87. The van der Waals surface area contributed by atoms with Crippen LogP contribution in [-0.2, 0) is 11.0 Å². The number of nitrogens with two attached hydrogens (primary N) is 1. The Hall–Kier alpha value is -1.76. The van der Waals surface area contributed by atoms with Crippen LogP contribution < -0.4 is 16.4 Å². The van der Waals surface area contributed by atoms with E-state index in [1.807, 2.05) is 6.92 Å². The summed E-state index contributed by atoms with van der Waals surface area (Å²) < 4.78 is 38.2. The third-order valence-corrected chi connectivity index (χ3v) is 2.84. The van der Waals surface area contributed by atoms with E-state index in [1.54, 1.807) is 0 Å². The fraction of sp³-hybridized carbons (Fsp3) is 0.500. The molecule has 4 N–H and O–H groups in total. The van der Waals surface area contributed by atoms with E-state index in [2.05, 4.69) is 10.6 Å². The number of anilines is 2. The number of hydrogen-bond acceptors (Lipinski definition) is 3. The molecule has 0 spiro atoms. The number of nitrogens with one attached hydrogen (secondary N) is 2. The van der Waals surface area contributed by atoms with Gasteiger partial charge in [0.2, 0.25) is 5.91 Å². The molecule has 0 aliphatic carbocycles. The molecule has 1 aromatic carbocycles. The average Bonchev–Trinajstić information content (AvgIpc) is 2.39. The summed E-state index contributed by atoms with van der Waals surface area (Å²) in [6.07, 6.45) is -2.54. The summed E-state index contributed by atoms with van der Waals surface area (Å²) in [5.41, 5.74) is 5.06. The van der Waals surface area contributed by atoms with Crippen molar-refractivity contribution in [1.82, 2.24) is 0 Å². The van der Waals surface area contributed by atoms with Gasteiger partial charge in [0, 0.05) is 19.5 Å². The number of benzene rings is 1. The number of hydrogen-bond donors (Lipinski definition) is 3. The molecule has 4 nitrogen and oxygen atoms in total. The molecule has 0 bridgehead atoms. The third kappa shape index (κ3) is 5.63. The number of unbranched alkanes of at least 4 members (excludes halogenated alkanes) is 1. The van der Waals surface area contributed by atoms with E-state index < -0.39 is 17.6 Å². The van der Waals surface area contributed by atoms with Crippen LogP contribution >= 0.6 is 0 Å². The largest absolute Gasteiger partial charge is 0.416 e. The van der Waals surface area contributed by atoms with Crippen molar-refractivity contribution in [3.8, 4) is 0 Å². The predicted octanol–water partition coefficient (Wildman–Crippen LogP) is 3.20. The SMILES string of the molecule is CCCCNc1ccc(C(F)(F)F)cc1NC(=O)CCN. The summed E-state index contributed by atoms with van der Waals surface area (Å²) in [5, 5.41) is 5.50. The van der Waals surface area contributed by atoms with E-state index >= 15 is 0 Å². The molecule has 0 atom stereocenters. The first-order valence-corrected chi connectivity index (χ1v) is 6.83. The van der Waals surface area contributed by atoms with E-state index in [0.29, 0.717) is 12.2 Å². The minimum Gasteiger partial charge on any atom is -0.383 e. The first-order valence-electron chi connectivity index (χ1n) is 6.83. The quantitative estimate of drug-likeness (QED) is 0.678. The van der Waals surface area contributed by atoms with Crippen molar-refractivity contribution in [2.24, 2.45) is 5.73 Å². The lowest BCUT2D eigenvalue weighted by Gasteiger charge is -2.15. The molecule has 0 aliphatic rings. The number of carbonyl (C=O) groups excluding carboxylic acids is 1. The van der Waals surface area contributed by atoms with Gasteiger partial charge in [-0.15, -0.1) is 0 Å². The van der Waals surface area contributed by atoms with Crippen molar-refractivity contribution < 1.29 is 18.0 Å². The zero-order valence-corrected chi connectivity index (χ0v) is 11.9. The smallest absolute Gasteiger partial charge is 0.383 e. The molecular weight excluding hydrogens is 283 g/mol. The summed E-state index contributed by atoms with van der Waals surface area (Å²) in [5.74, 6) is -0.407. The standard InChI is InChI=1S/C14H20F3N3O/c1-2-3-8-19-11-5-4-10(14(15,16)17)9-12(11)20-13(21)6-7-18/h4-5,9,19H,2-3,6-8,18H2,1H3,(H,20,21). The normalized spacial score (nSPS) is 11.3. The molecule has 0 radical (unpaired) electrons. The first kappa shape index (κ1) is 17.3. The Morgan fingerprint density at radius 1 is 1.29 bits per heavy atom. The van der Waals surface area contributed by atoms with Gasteiger partial charge in [-0.1, -0.05) is 13.3 Å². The fourth-order valence-corrected chi connectivity index (χ4v) is 1.72. The Morgan fingerprint density at radius 2 is 2.00 bits per heavy atom. The third-order valence-electron chi connectivity index (χ3n) is 2.84. The zero-order chi connectivity index (χ0) is 15.9. The fourth-order valence-electron chi connectivity index (χ4n) is 1.72. The minimum atomic E-state index is -4.45. The number of rotatable bonds is 7. The maximum Gasteiger partial charge on any atom is 0.416 e. The van der Waals surface area contributed by atoms with Gasteiger partial charge in [-0.3, -0.25) is 4.79 Å². The molecule has 1 aromatic rings. The van der Waals surface area contributed by atoms with Gasteiger partial charge < -0.3 is 16.4 Å². The molecular formula is C14H20F3N3O. The van der Waals surface area contributed by atoms with Crippen LogP contribution in [0.25, 0.3) is 0 Å². The van der Waals surface area contributed by atoms with E-state index in [4.69, 9.17) is 5.73 Å². The van der Waals surface area contributed by atoms with E-state index in [0.717, 1.165) is 25.0 Å². The Kier molecular flexibility index (Phi) is 6.48. The monoisotopic (exact) mass is 303 g/mol. The maximum absolute atomic E-state index is 12.7. The topological polar surface area (TPSA) is 67.1 Å². The lowest BCUT2D eigenvalue weighted by Crippen LogP contribution is -2.18. The molecule has 21 heavy (non-hydrogen) atoms. The van der Waals surface area contributed by atoms with Gasteiger partial charge in [0.25, 0.3) is 0 Å². The number of halogens is 3. The number of carbonyl (C=O) groups is 1. The minimum absolute atomic E-state index is 0.0602. The van der Waals surface area contributed by atoms with Crippen LogP contribution in [0.1, 0.15) is 31.7 Å². The van der Waals surface area contributed by atoms with Crippen molar-refractivity contribution in [3.05, 3.63) is 23.8 Å². The second-order valence-electron chi connectivity index (χ2n) is 4.63. The molecule has 0 saturated carbocycles. The average molecular weight is 303 g/mol. The van der Waals surface area contributed by atoms with Crippen molar-refractivity contribution in [1.29, 1.82) is 0 Å². The summed E-state index contributed by atoms with van der Waals surface area (Å²) in [6, 6.07) is 3.26. The van der Waals surface area contributed by atoms with Crippen molar-refractivity contribution in [2.45, 2.75) is 32.4 Å². The van der Waals surface area contributed by atoms with Gasteiger partial charge >= 0.3 is 6.18 Å². The van der Waals surface area contributed by atoms with Crippen LogP contribution in [0.3, 0.4) is 0 Å². The lowest BCUT2D eigenvalue weighted by molar-refractivity contribution is -0.137. The van der Waals surface area contributed by atoms with Gasteiger partial charge in [-0.05, 0) is 24.6 Å².